The van der Waals surface area contributed by atoms with Crippen LogP contribution in [0.3, 0.4) is 0 Å². The molecule has 0 bridgehead atoms. The van der Waals surface area contributed by atoms with Crippen LogP contribution < -0.4 is 10.2 Å². The highest BCUT2D eigenvalue weighted by Gasteiger charge is 2.34. The molecular weight excluding hydrogens is 238 g/mol. The van der Waals surface area contributed by atoms with Crippen LogP contribution in [0, 0.1) is 0 Å². The predicted molar refractivity (Wildman–Crippen MR) is 76.3 cm³/mol. The molecule has 0 spiro atoms. The number of carbonyl (C=O) groups is 1. The van der Waals surface area contributed by atoms with Gasteiger partial charge in [0.1, 0.15) is 0 Å². The largest absolute Gasteiger partial charge is 0.314 e. The van der Waals surface area contributed by atoms with Crippen LogP contribution in [0.1, 0.15) is 12.8 Å². The Morgan fingerprint density at radius 1 is 1.05 bits per heavy atom. The van der Waals surface area contributed by atoms with Crippen molar-refractivity contribution in [1.29, 1.82) is 0 Å². The number of piperidine rings is 1. The molecule has 4 nitrogen and oxygen atoms in total. The second kappa shape index (κ2) is 5.72. The van der Waals surface area contributed by atoms with Crippen LogP contribution in [0.25, 0.3) is 0 Å². The monoisotopic (exact) mass is 259 g/mol. The lowest BCUT2D eigenvalue weighted by Gasteiger charge is -2.40. The van der Waals surface area contributed by atoms with Gasteiger partial charge in [-0.3, -0.25) is 9.69 Å². The summed E-state index contributed by atoms with van der Waals surface area (Å²) < 4.78 is 0. The van der Waals surface area contributed by atoms with E-state index in [1.54, 1.807) is 0 Å². The molecule has 2 saturated heterocycles. The summed E-state index contributed by atoms with van der Waals surface area (Å²) in [6, 6.07) is 10.1. The molecule has 1 aromatic rings. The molecule has 0 unspecified atom stereocenters. The van der Waals surface area contributed by atoms with Gasteiger partial charge in [-0.2, -0.15) is 0 Å². The van der Waals surface area contributed by atoms with E-state index in [0.717, 1.165) is 51.3 Å². The van der Waals surface area contributed by atoms with Crippen molar-refractivity contribution in [3.8, 4) is 0 Å². The lowest BCUT2D eigenvalue weighted by molar-refractivity contribution is -0.125. The smallest absolute Gasteiger partial charge is 0.244 e. The van der Waals surface area contributed by atoms with Crippen LogP contribution in [0.4, 0.5) is 5.69 Å². The zero-order valence-corrected chi connectivity index (χ0v) is 11.2. The lowest BCUT2D eigenvalue weighted by atomic mass is 10.0. The number of amides is 1. The van der Waals surface area contributed by atoms with Crippen molar-refractivity contribution in [2.45, 2.75) is 18.9 Å². The Bertz CT molecular complexity index is 428. The van der Waals surface area contributed by atoms with E-state index in [1.165, 1.54) is 0 Å². The Balaban J connectivity index is 1.75. The summed E-state index contributed by atoms with van der Waals surface area (Å²) in [5.74, 6) is 0.277. The minimum atomic E-state index is 0.0797. The average molecular weight is 259 g/mol. The highest BCUT2D eigenvalue weighted by molar-refractivity contribution is 5.97. The van der Waals surface area contributed by atoms with E-state index in [1.807, 2.05) is 35.2 Å². The third kappa shape index (κ3) is 2.65. The highest BCUT2D eigenvalue weighted by atomic mass is 16.2. The minimum Gasteiger partial charge on any atom is -0.314 e. The predicted octanol–water partition coefficient (Wildman–Crippen LogP) is 1.09. The van der Waals surface area contributed by atoms with Crippen LogP contribution >= 0.6 is 0 Å². The van der Waals surface area contributed by atoms with Crippen LogP contribution in [0.15, 0.2) is 30.3 Å². The van der Waals surface area contributed by atoms with E-state index in [0.29, 0.717) is 0 Å². The van der Waals surface area contributed by atoms with E-state index in [9.17, 15) is 4.79 Å². The Hall–Kier alpha value is -1.39. The van der Waals surface area contributed by atoms with Gasteiger partial charge < -0.3 is 10.2 Å². The fourth-order valence-electron chi connectivity index (χ4n) is 3.05. The van der Waals surface area contributed by atoms with Crippen LogP contribution in [-0.4, -0.2) is 49.6 Å². The van der Waals surface area contributed by atoms with Crippen molar-refractivity contribution < 1.29 is 4.79 Å². The van der Waals surface area contributed by atoms with Crippen LogP contribution in [-0.2, 0) is 4.79 Å². The topological polar surface area (TPSA) is 35.6 Å². The van der Waals surface area contributed by atoms with Gasteiger partial charge in [0, 0.05) is 38.4 Å². The second-order valence-corrected chi connectivity index (χ2v) is 5.27. The van der Waals surface area contributed by atoms with Crippen molar-refractivity contribution in [3.05, 3.63) is 30.3 Å². The molecule has 0 aromatic heterocycles. The minimum absolute atomic E-state index is 0.0797. The number of hydrogen-bond donors (Lipinski definition) is 1. The quantitative estimate of drug-likeness (QED) is 0.863. The zero-order chi connectivity index (χ0) is 13.1. The molecule has 2 heterocycles. The van der Waals surface area contributed by atoms with Gasteiger partial charge in [-0.15, -0.1) is 0 Å². The molecule has 19 heavy (non-hydrogen) atoms. The molecule has 2 aliphatic rings. The standard InChI is InChI=1S/C15H21N3O/c19-15-14(17-11-8-16-9-12-17)7-4-10-18(15)13-5-2-1-3-6-13/h1-3,5-6,14,16H,4,7-12H2/t14-/m1/s1. The molecule has 1 amide bonds. The Labute approximate surface area is 114 Å². The number of nitrogens with zero attached hydrogens (tertiary/aromatic N) is 2. The van der Waals surface area contributed by atoms with Gasteiger partial charge in [0.15, 0.2) is 0 Å². The number of rotatable bonds is 2. The summed E-state index contributed by atoms with van der Waals surface area (Å²) in [5.41, 5.74) is 1.03. The maximum atomic E-state index is 12.7. The summed E-state index contributed by atoms with van der Waals surface area (Å²) >= 11 is 0. The van der Waals surface area contributed by atoms with Gasteiger partial charge in [0.25, 0.3) is 0 Å². The van der Waals surface area contributed by atoms with Gasteiger partial charge in [-0.1, -0.05) is 18.2 Å². The molecule has 0 aliphatic carbocycles. The molecule has 2 aliphatic heterocycles. The first-order valence-electron chi connectivity index (χ1n) is 7.17. The number of carbonyl (C=O) groups excluding carboxylic acids is 1. The molecule has 0 saturated carbocycles. The van der Waals surface area contributed by atoms with E-state index < -0.39 is 0 Å². The number of piperazine rings is 1. The second-order valence-electron chi connectivity index (χ2n) is 5.27. The van der Waals surface area contributed by atoms with E-state index in [2.05, 4.69) is 10.2 Å². The summed E-state index contributed by atoms with van der Waals surface area (Å²) in [7, 11) is 0. The lowest BCUT2D eigenvalue weighted by Crippen LogP contribution is -2.57. The summed E-state index contributed by atoms with van der Waals surface area (Å²) in [6.07, 6.45) is 2.09. The number of hydrogen-bond acceptors (Lipinski definition) is 3. The molecule has 4 heteroatoms. The Kier molecular flexibility index (Phi) is 3.80. The van der Waals surface area contributed by atoms with Crippen LogP contribution in [0.5, 0.6) is 0 Å². The molecule has 0 radical (unpaired) electrons. The average Bonchev–Trinajstić information content (AvgIpc) is 2.49. The van der Waals surface area contributed by atoms with Gasteiger partial charge in [-0.25, -0.2) is 0 Å². The summed E-state index contributed by atoms with van der Waals surface area (Å²) in [5, 5.41) is 3.34. The Morgan fingerprint density at radius 2 is 1.79 bits per heavy atom. The van der Waals surface area contributed by atoms with Crippen molar-refractivity contribution in [2.24, 2.45) is 0 Å². The van der Waals surface area contributed by atoms with Gasteiger partial charge in [-0.05, 0) is 25.0 Å². The maximum absolute atomic E-state index is 12.7. The van der Waals surface area contributed by atoms with Gasteiger partial charge >= 0.3 is 0 Å². The number of anilines is 1. The third-order valence-electron chi connectivity index (χ3n) is 4.07. The van der Waals surface area contributed by atoms with E-state index >= 15 is 0 Å². The SMILES string of the molecule is O=C1[C@H](N2CCNCC2)CCCN1c1ccccc1. The number of para-hydroxylation sites is 1. The van der Waals surface area contributed by atoms with E-state index in [-0.39, 0.29) is 11.9 Å². The van der Waals surface area contributed by atoms with Crippen molar-refractivity contribution >= 4 is 11.6 Å². The van der Waals surface area contributed by atoms with E-state index in [4.69, 9.17) is 0 Å². The number of nitrogens with one attached hydrogen (secondary N) is 1. The highest BCUT2D eigenvalue weighted by Crippen LogP contribution is 2.23. The summed E-state index contributed by atoms with van der Waals surface area (Å²) in [6.45, 7) is 4.81. The first-order chi connectivity index (χ1) is 9.36. The molecule has 2 fully saturated rings. The first-order valence-corrected chi connectivity index (χ1v) is 7.17. The molecule has 1 atom stereocenters. The third-order valence-corrected chi connectivity index (χ3v) is 4.07. The van der Waals surface area contributed by atoms with Gasteiger partial charge in [0.2, 0.25) is 5.91 Å². The van der Waals surface area contributed by atoms with Gasteiger partial charge in [0.05, 0.1) is 6.04 Å². The van der Waals surface area contributed by atoms with Crippen molar-refractivity contribution in [1.82, 2.24) is 10.2 Å². The number of benzene rings is 1. The van der Waals surface area contributed by atoms with Crippen molar-refractivity contribution in [3.63, 3.8) is 0 Å². The fourth-order valence-corrected chi connectivity index (χ4v) is 3.05. The first kappa shape index (κ1) is 12.6. The summed E-state index contributed by atoms with van der Waals surface area (Å²) in [4.78, 5) is 17.0. The maximum Gasteiger partial charge on any atom is 0.244 e. The Morgan fingerprint density at radius 3 is 2.53 bits per heavy atom. The van der Waals surface area contributed by atoms with Crippen LogP contribution in [0.2, 0.25) is 0 Å². The zero-order valence-electron chi connectivity index (χ0n) is 11.2. The normalized spacial score (nSPS) is 25.6. The molecule has 1 N–H and O–H groups in total. The van der Waals surface area contributed by atoms with Crippen molar-refractivity contribution in [2.75, 3.05) is 37.6 Å². The molecular formula is C15H21N3O. The molecule has 3 rings (SSSR count). The fraction of sp³-hybridized carbons (Fsp3) is 0.533. The molecule has 102 valence electrons. The molecule has 1 aromatic carbocycles.